The zero-order chi connectivity index (χ0) is 23.7. The molecule has 1 aromatic carbocycles. The summed E-state index contributed by atoms with van der Waals surface area (Å²) in [7, 11) is 1.46. The zero-order valence-electron chi connectivity index (χ0n) is 19.0. The first-order valence-electron chi connectivity index (χ1n) is 10.9. The number of nitrogens with zero attached hydrogens (tertiary/aromatic N) is 2. The molecule has 9 nitrogen and oxygen atoms in total. The summed E-state index contributed by atoms with van der Waals surface area (Å²) in [5, 5.41) is 8.79. The Morgan fingerprint density at radius 1 is 1.28 bits per heavy atom. The SMILES string of the molecule is C=CCOC(=O)N1CC2CCCN2C(=O)c2cc(OC)c(OCCCC(=O)O)cc21.CC. The van der Waals surface area contributed by atoms with Crippen molar-refractivity contribution in [1.29, 1.82) is 0 Å². The van der Waals surface area contributed by atoms with Crippen LogP contribution < -0.4 is 14.4 Å². The molecule has 176 valence electrons. The molecule has 0 spiro atoms. The topological polar surface area (TPSA) is 106 Å². The van der Waals surface area contributed by atoms with Crippen LogP contribution in [0.2, 0.25) is 0 Å². The number of aliphatic carboxylic acids is 1. The predicted molar refractivity (Wildman–Crippen MR) is 120 cm³/mol. The third-order valence-electron chi connectivity index (χ3n) is 5.17. The largest absolute Gasteiger partial charge is 0.493 e. The van der Waals surface area contributed by atoms with Gasteiger partial charge in [-0.3, -0.25) is 14.5 Å². The van der Waals surface area contributed by atoms with Gasteiger partial charge in [0.25, 0.3) is 5.91 Å². The molecule has 9 heteroatoms. The van der Waals surface area contributed by atoms with Crippen molar-refractivity contribution in [3.8, 4) is 11.5 Å². The molecule has 2 heterocycles. The van der Waals surface area contributed by atoms with Crippen LogP contribution in [0.3, 0.4) is 0 Å². The number of fused-ring (bicyclic) bond motifs is 2. The Morgan fingerprint density at radius 3 is 2.69 bits per heavy atom. The Labute approximate surface area is 188 Å². The lowest BCUT2D eigenvalue weighted by Gasteiger charge is -2.25. The highest BCUT2D eigenvalue weighted by Crippen LogP contribution is 2.39. The molecule has 2 aliphatic rings. The number of benzene rings is 1. The predicted octanol–water partition coefficient (Wildman–Crippen LogP) is 3.71. The molecule has 0 radical (unpaired) electrons. The van der Waals surface area contributed by atoms with Crippen LogP contribution in [-0.4, -0.2) is 67.4 Å². The smallest absolute Gasteiger partial charge is 0.414 e. The lowest BCUT2D eigenvalue weighted by atomic mass is 10.1. The van der Waals surface area contributed by atoms with Gasteiger partial charge in [0.05, 0.1) is 31.0 Å². The summed E-state index contributed by atoms with van der Waals surface area (Å²) in [5.41, 5.74) is 0.724. The summed E-state index contributed by atoms with van der Waals surface area (Å²) in [6.07, 6.45) is 2.88. The Balaban J connectivity index is 0.00000176. The van der Waals surface area contributed by atoms with E-state index in [4.69, 9.17) is 19.3 Å². The second-order valence-corrected chi connectivity index (χ2v) is 7.14. The minimum Gasteiger partial charge on any atom is -0.493 e. The number of hydrogen-bond acceptors (Lipinski definition) is 6. The number of hydrogen-bond donors (Lipinski definition) is 1. The summed E-state index contributed by atoms with van der Waals surface area (Å²) in [6.45, 7) is 8.73. The van der Waals surface area contributed by atoms with Crippen molar-refractivity contribution in [2.45, 2.75) is 45.6 Å². The number of amides is 2. The molecule has 1 saturated heterocycles. The fraction of sp³-hybridized carbons (Fsp3) is 0.522. The van der Waals surface area contributed by atoms with Crippen LogP contribution in [-0.2, 0) is 9.53 Å². The van der Waals surface area contributed by atoms with E-state index in [2.05, 4.69) is 6.58 Å². The highest BCUT2D eigenvalue weighted by molar-refractivity contribution is 6.05. The lowest BCUT2D eigenvalue weighted by molar-refractivity contribution is -0.137. The third kappa shape index (κ3) is 5.72. The molecule has 0 aromatic heterocycles. The van der Waals surface area contributed by atoms with Crippen molar-refractivity contribution < 1.29 is 33.7 Å². The van der Waals surface area contributed by atoms with E-state index in [0.717, 1.165) is 12.8 Å². The molecular weight excluding hydrogens is 416 g/mol. The third-order valence-corrected chi connectivity index (χ3v) is 5.17. The van der Waals surface area contributed by atoms with Gasteiger partial charge in [0.1, 0.15) is 6.61 Å². The second kappa shape index (κ2) is 12.0. The average Bonchev–Trinajstić information content (AvgIpc) is 3.23. The first-order valence-corrected chi connectivity index (χ1v) is 10.9. The first-order chi connectivity index (χ1) is 15.5. The van der Waals surface area contributed by atoms with E-state index in [-0.39, 0.29) is 31.6 Å². The van der Waals surface area contributed by atoms with E-state index in [0.29, 0.717) is 42.3 Å². The monoisotopic (exact) mass is 448 g/mol. The fourth-order valence-corrected chi connectivity index (χ4v) is 3.76. The van der Waals surface area contributed by atoms with E-state index in [1.807, 2.05) is 13.8 Å². The number of rotatable bonds is 8. The summed E-state index contributed by atoms with van der Waals surface area (Å²) < 4.78 is 16.4. The maximum absolute atomic E-state index is 13.2. The van der Waals surface area contributed by atoms with Crippen LogP contribution in [0.15, 0.2) is 24.8 Å². The molecule has 0 aliphatic carbocycles. The maximum atomic E-state index is 13.2. The van der Waals surface area contributed by atoms with E-state index in [9.17, 15) is 14.4 Å². The van der Waals surface area contributed by atoms with Gasteiger partial charge in [-0.25, -0.2) is 4.79 Å². The quantitative estimate of drug-likeness (QED) is 0.477. The van der Waals surface area contributed by atoms with Gasteiger partial charge in [0, 0.05) is 25.6 Å². The van der Waals surface area contributed by atoms with Crippen LogP contribution in [0.25, 0.3) is 0 Å². The van der Waals surface area contributed by atoms with Crippen LogP contribution in [0.4, 0.5) is 10.5 Å². The van der Waals surface area contributed by atoms with Gasteiger partial charge >= 0.3 is 12.1 Å². The Bertz CT molecular complexity index is 840. The highest BCUT2D eigenvalue weighted by Gasteiger charge is 2.39. The summed E-state index contributed by atoms with van der Waals surface area (Å²) >= 11 is 0. The number of carbonyl (C=O) groups is 3. The van der Waals surface area contributed by atoms with E-state index in [1.54, 1.807) is 17.0 Å². The number of ether oxygens (including phenoxy) is 3. The molecule has 1 atom stereocenters. The van der Waals surface area contributed by atoms with Gasteiger partial charge in [-0.15, -0.1) is 0 Å². The summed E-state index contributed by atoms with van der Waals surface area (Å²) in [5.74, 6) is -0.399. The standard InChI is InChI=1S/C21H26N2O7.C2H6/c1-3-9-30-21(27)23-13-14-6-4-8-22(14)20(26)15-11-17(28-2)18(12-16(15)23)29-10-5-7-19(24)25;1-2/h3,11-12,14H,1,4-10,13H2,2H3,(H,24,25);1-2H3. The van der Waals surface area contributed by atoms with Crippen LogP contribution in [0, 0.1) is 0 Å². The molecule has 32 heavy (non-hydrogen) atoms. The molecule has 3 rings (SSSR count). The van der Waals surface area contributed by atoms with E-state index < -0.39 is 12.1 Å². The minimum atomic E-state index is -0.908. The average molecular weight is 449 g/mol. The van der Waals surface area contributed by atoms with Gasteiger partial charge in [-0.1, -0.05) is 26.5 Å². The van der Waals surface area contributed by atoms with Crippen molar-refractivity contribution in [2.24, 2.45) is 0 Å². The summed E-state index contributed by atoms with van der Waals surface area (Å²) in [6, 6.07) is 3.06. The number of methoxy groups -OCH3 is 1. The lowest BCUT2D eigenvalue weighted by Crippen LogP contribution is -2.42. The molecule has 1 aromatic rings. The molecule has 1 N–H and O–H groups in total. The zero-order valence-corrected chi connectivity index (χ0v) is 19.0. The number of carboxylic acids is 1. The van der Waals surface area contributed by atoms with Crippen LogP contribution in [0.1, 0.15) is 49.9 Å². The van der Waals surface area contributed by atoms with Crippen molar-refractivity contribution in [3.63, 3.8) is 0 Å². The van der Waals surface area contributed by atoms with E-state index in [1.165, 1.54) is 18.1 Å². The number of anilines is 1. The fourth-order valence-electron chi connectivity index (χ4n) is 3.76. The van der Waals surface area contributed by atoms with Crippen molar-refractivity contribution in [1.82, 2.24) is 4.90 Å². The molecule has 2 aliphatic heterocycles. The molecule has 1 unspecified atom stereocenters. The Kier molecular flexibility index (Phi) is 9.37. The second-order valence-electron chi connectivity index (χ2n) is 7.14. The van der Waals surface area contributed by atoms with Gasteiger partial charge in [-0.05, 0) is 25.3 Å². The van der Waals surface area contributed by atoms with Crippen LogP contribution >= 0.6 is 0 Å². The Hall–Kier alpha value is -3.23. The number of carboxylic acid groups (broad SMARTS) is 1. The van der Waals surface area contributed by atoms with Gasteiger partial charge in [0.15, 0.2) is 11.5 Å². The first kappa shape index (κ1) is 25.0. The minimum absolute atomic E-state index is 0.0254. The molecule has 1 fully saturated rings. The van der Waals surface area contributed by atoms with Gasteiger partial charge in [-0.2, -0.15) is 0 Å². The van der Waals surface area contributed by atoms with Crippen molar-refractivity contribution >= 4 is 23.7 Å². The molecule has 0 saturated carbocycles. The van der Waals surface area contributed by atoms with Gasteiger partial charge < -0.3 is 24.2 Å². The highest BCUT2D eigenvalue weighted by atomic mass is 16.6. The normalized spacial score (nSPS) is 16.7. The maximum Gasteiger partial charge on any atom is 0.414 e. The number of carbonyl (C=O) groups excluding carboxylic acids is 2. The van der Waals surface area contributed by atoms with Gasteiger partial charge in [0.2, 0.25) is 0 Å². The van der Waals surface area contributed by atoms with E-state index >= 15 is 0 Å². The molecular formula is C23H32N2O7. The van der Waals surface area contributed by atoms with Crippen molar-refractivity contribution in [3.05, 3.63) is 30.4 Å². The summed E-state index contributed by atoms with van der Waals surface area (Å²) in [4.78, 5) is 39.9. The van der Waals surface area contributed by atoms with Crippen molar-refractivity contribution in [2.75, 3.05) is 38.3 Å². The molecule has 2 amide bonds. The molecule has 0 bridgehead atoms. The van der Waals surface area contributed by atoms with Crippen LogP contribution in [0.5, 0.6) is 11.5 Å². The Morgan fingerprint density at radius 2 is 2.03 bits per heavy atom.